The molecule has 118 valence electrons. The van der Waals surface area contributed by atoms with E-state index in [4.69, 9.17) is 5.73 Å². The fourth-order valence-corrected chi connectivity index (χ4v) is 5.45. The molecule has 4 saturated carbocycles. The number of benzene rings is 1. The molecule has 0 atom stereocenters. The summed E-state index contributed by atoms with van der Waals surface area (Å²) >= 11 is 0. The van der Waals surface area contributed by atoms with Crippen molar-refractivity contribution in [3.05, 3.63) is 23.8 Å². The number of aryl methyl sites for hydroxylation is 1. The Balaban J connectivity index is 1.46. The van der Waals surface area contributed by atoms with Crippen LogP contribution in [0.1, 0.15) is 44.1 Å². The number of carbonyl (C=O) groups is 1. The molecule has 0 saturated heterocycles. The van der Waals surface area contributed by atoms with Crippen LogP contribution in [0.25, 0.3) is 0 Å². The Hall–Kier alpha value is -1.71. The first-order chi connectivity index (χ1) is 10.5. The molecule has 5 rings (SSSR count). The minimum absolute atomic E-state index is 0.0400. The number of hydrogen-bond donors (Lipinski definition) is 3. The van der Waals surface area contributed by atoms with Crippen LogP contribution in [0.15, 0.2) is 18.2 Å². The van der Waals surface area contributed by atoms with Crippen molar-refractivity contribution in [2.45, 2.75) is 51.0 Å². The lowest BCUT2D eigenvalue weighted by molar-refractivity contribution is -0.0127. The summed E-state index contributed by atoms with van der Waals surface area (Å²) in [4.78, 5) is 12.5. The Kier molecular flexibility index (Phi) is 3.10. The van der Waals surface area contributed by atoms with Gasteiger partial charge in [0, 0.05) is 5.54 Å². The van der Waals surface area contributed by atoms with Crippen molar-refractivity contribution >= 4 is 17.4 Å². The molecule has 0 spiro atoms. The standard InChI is InChI=1S/C18H25N3O/c1-11-2-3-16(15(19)4-11)20-17(22)21-18-8-12-5-13(9-18)7-14(6-12)10-18/h2-4,12-14H,5-10,19H2,1H3,(H2,20,21,22). The summed E-state index contributed by atoms with van der Waals surface area (Å²) in [6, 6.07) is 5.64. The topological polar surface area (TPSA) is 67.2 Å². The molecule has 2 amide bonds. The highest BCUT2D eigenvalue weighted by atomic mass is 16.2. The third-order valence-corrected chi connectivity index (χ3v) is 5.87. The van der Waals surface area contributed by atoms with E-state index in [1.807, 2.05) is 25.1 Å². The van der Waals surface area contributed by atoms with Gasteiger partial charge in [0.2, 0.25) is 0 Å². The molecule has 1 aromatic rings. The molecule has 0 heterocycles. The molecule has 4 bridgehead atoms. The molecule has 4 nitrogen and oxygen atoms in total. The maximum atomic E-state index is 12.5. The lowest BCUT2D eigenvalue weighted by atomic mass is 9.53. The Morgan fingerprint density at radius 1 is 1.14 bits per heavy atom. The molecule has 4 aliphatic rings. The van der Waals surface area contributed by atoms with Gasteiger partial charge in [0.1, 0.15) is 0 Å². The number of hydrogen-bond acceptors (Lipinski definition) is 2. The summed E-state index contributed by atoms with van der Waals surface area (Å²) in [6.07, 6.45) is 7.63. The summed E-state index contributed by atoms with van der Waals surface area (Å²) in [5.74, 6) is 2.49. The van der Waals surface area contributed by atoms with Crippen molar-refractivity contribution in [2.75, 3.05) is 11.1 Å². The number of carbonyl (C=O) groups excluding carboxylic acids is 1. The second-order valence-corrected chi connectivity index (χ2v) is 7.87. The van der Waals surface area contributed by atoms with Gasteiger partial charge in [0.25, 0.3) is 0 Å². The average Bonchev–Trinajstić information content (AvgIpc) is 2.39. The highest BCUT2D eigenvalue weighted by Crippen LogP contribution is 2.55. The zero-order valence-corrected chi connectivity index (χ0v) is 13.2. The fourth-order valence-electron chi connectivity index (χ4n) is 5.45. The number of urea groups is 1. The van der Waals surface area contributed by atoms with E-state index in [2.05, 4.69) is 10.6 Å². The zero-order valence-electron chi connectivity index (χ0n) is 13.2. The van der Waals surface area contributed by atoms with Gasteiger partial charge >= 0.3 is 6.03 Å². The van der Waals surface area contributed by atoms with E-state index >= 15 is 0 Å². The molecule has 4 heteroatoms. The first-order valence-electron chi connectivity index (χ1n) is 8.47. The van der Waals surface area contributed by atoms with Gasteiger partial charge in [-0.1, -0.05) is 6.07 Å². The predicted octanol–water partition coefficient (Wildman–Crippen LogP) is 3.67. The smallest absolute Gasteiger partial charge is 0.319 e. The van der Waals surface area contributed by atoms with Gasteiger partial charge in [-0.3, -0.25) is 0 Å². The predicted molar refractivity (Wildman–Crippen MR) is 88.6 cm³/mol. The number of anilines is 2. The van der Waals surface area contributed by atoms with Crippen LogP contribution in [0, 0.1) is 24.7 Å². The van der Waals surface area contributed by atoms with E-state index < -0.39 is 0 Å². The summed E-state index contributed by atoms with van der Waals surface area (Å²) in [5.41, 5.74) is 8.46. The number of nitrogens with two attached hydrogens (primary N) is 1. The first kappa shape index (κ1) is 13.9. The average molecular weight is 299 g/mol. The van der Waals surface area contributed by atoms with Crippen LogP contribution in [0.4, 0.5) is 16.2 Å². The largest absolute Gasteiger partial charge is 0.397 e. The molecular weight excluding hydrogens is 274 g/mol. The maximum Gasteiger partial charge on any atom is 0.319 e. The van der Waals surface area contributed by atoms with E-state index in [1.165, 1.54) is 19.3 Å². The van der Waals surface area contributed by atoms with Gasteiger partial charge in [-0.05, 0) is 80.9 Å². The zero-order chi connectivity index (χ0) is 15.3. The summed E-state index contributed by atoms with van der Waals surface area (Å²) < 4.78 is 0. The van der Waals surface area contributed by atoms with Crippen LogP contribution in [0.5, 0.6) is 0 Å². The Morgan fingerprint density at radius 3 is 2.27 bits per heavy atom. The van der Waals surface area contributed by atoms with Crippen molar-refractivity contribution in [1.29, 1.82) is 0 Å². The van der Waals surface area contributed by atoms with E-state index in [0.717, 1.165) is 42.6 Å². The first-order valence-corrected chi connectivity index (χ1v) is 8.47. The van der Waals surface area contributed by atoms with Gasteiger partial charge in [-0.15, -0.1) is 0 Å². The van der Waals surface area contributed by atoms with E-state index in [-0.39, 0.29) is 11.6 Å². The maximum absolute atomic E-state index is 12.5. The van der Waals surface area contributed by atoms with Crippen molar-refractivity contribution < 1.29 is 4.79 Å². The molecule has 0 aliphatic heterocycles. The molecule has 22 heavy (non-hydrogen) atoms. The van der Waals surface area contributed by atoms with E-state index in [9.17, 15) is 4.79 Å². The molecule has 1 aromatic carbocycles. The van der Waals surface area contributed by atoms with E-state index in [1.54, 1.807) is 0 Å². The van der Waals surface area contributed by atoms with Crippen molar-refractivity contribution in [2.24, 2.45) is 17.8 Å². The highest BCUT2D eigenvalue weighted by Gasteiger charge is 2.51. The quantitative estimate of drug-likeness (QED) is 0.729. The third kappa shape index (κ3) is 2.44. The van der Waals surface area contributed by atoms with Crippen molar-refractivity contribution in [1.82, 2.24) is 5.32 Å². The third-order valence-electron chi connectivity index (χ3n) is 5.87. The normalized spacial score (nSPS) is 35.4. The number of rotatable bonds is 2. The van der Waals surface area contributed by atoms with Crippen LogP contribution >= 0.6 is 0 Å². The van der Waals surface area contributed by atoms with Crippen molar-refractivity contribution in [3.8, 4) is 0 Å². The van der Waals surface area contributed by atoms with Crippen LogP contribution in [-0.2, 0) is 0 Å². The minimum atomic E-state index is -0.0995. The van der Waals surface area contributed by atoms with Crippen LogP contribution < -0.4 is 16.4 Å². The van der Waals surface area contributed by atoms with Crippen molar-refractivity contribution in [3.63, 3.8) is 0 Å². The van der Waals surface area contributed by atoms with Crippen LogP contribution in [0.2, 0.25) is 0 Å². The SMILES string of the molecule is Cc1ccc(NC(=O)NC23CC4CC(CC(C4)C2)C3)c(N)c1. The molecule has 0 aromatic heterocycles. The molecule has 4 fully saturated rings. The van der Waals surface area contributed by atoms with Gasteiger partial charge in [-0.2, -0.15) is 0 Å². The molecule has 0 radical (unpaired) electrons. The van der Waals surface area contributed by atoms with Crippen LogP contribution in [0.3, 0.4) is 0 Å². The fraction of sp³-hybridized carbons (Fsp3) is 0.611. The second-order valence-electron chi connectivity index (χ2n) is 7.87. The monoisotopic (exact) mass is 299 g/mol. The van der Waals surface area contributed by atoms with Gasteiger partial charge in [0.05, 0.1) is 11.4 Å². The molecule has 4 aliphatic carbocycles. The lowest BCUT2D eigenvalue weighted by Gasteiger charge is -2.56. The van der Waals surface area contributed by atoms with Gasteiger partial charge in [-0.25, -0.2) is 4.79 Å². The number of amides is 2. The van der Waals surface area contributed by atoms with Crippen LogP contribution in [-0.4, -0.2) is 11.6 Å². The van der Waals surface area contributed by atoms with E-state index in [0.29, 0.717) is 11.4 Å². The molecular formula is C18H25N3O. The summed E-state index contributed by atoms with van der Waals surface area (Å²) in [7, 11) is 0. The van der Waals surface area contributed by atoms with Gasteiger partial charge < -0.3 is 16.4 Å². The Bertz CT molecular complexity index is 575. The summed E-state index contributed by atoms with van der Waals surface area (Å²) in [5, 5.41) is 6.25. The van der Waals surface area contributed by atoms with Gasteiger partial charge in [0.15, 0.2) is 0 Å². The number of nitrogen functional groups attached to an aromatic ring is 1. The number of nitrogens with one attached hydrogen (secondary N) is 2. The minimum Gasteiger partial charge on any atom is -0.397 e. The Morgan fingerprint density at radius 2 is 1.73 bits per heavy atom. The second kappa shape index (κ2) is 4.90. The molecule has 4 N–H and O–H groups in total. The summed E-state index contributed by atoms with van der Waals surface area (Å²) in [6.45, 7) is 2.00. The molecule has 0 unspecified atom stereocenters. The lowest BCUT2D eigenvalue weighted by Crippen LogP contribution is -2.60. The highest BCUT2D eigenvalue weighted by molar-refractivity contribution is 5.93. The Labute approximate surface area is 131 Å².